The molecule has 204 valence electrons. The molecule has 9 heteroatoms. The summed E-state index contributed by atoms with van der Waals surface area (Å²) in [4.78, 5) is 45.1. The van der Waals surface area contributed by atoms with Crippen molar-refractivity contribution in [2.24, 2.45) is 0 Å². The molecule has 0 spiro atoms. The van der Waals surface area contributed by atoms with Crippen molar-refractivity contribution in [3.05, 3.63) is 118 Å². The van der Waals surface area contributed by atoms with E-state index >= 15 is 0 Å². The van der Waals surface area contributed by atoms with E-state index in [1.807, 2.05) is 64.7 Å². The number of carbonyl (C=O) groups excluding carboxylic acids is 2. The van der Waals surface area contributed by atoms with Gasteiger partial charge in [-0.2, -0.15) is 0 Å². The smallest absolute Gasteiger partial charge is 0.338 e. The molecule has 0 fully saturated rings. The molecule has 2 N–H and O–H groups in total. The second-order valence-corrected chi connectivity index (χ2v) is 9.64. The summed E-state index contributed by atoms with van der Waals surface area (Å²) in [5.74, 6) is -0.664. The number of hydrogen-bond donors (Lipinski definition) is 2. The molecule has 0 saturated carbocycles. The largest absolute Gasteiger partial charge is 0.462 e. The first-order valence-corrected chi connectivity index (χ1v) is 13.2. The van der Waals surface area contributed by atoms with Crippen LogP contribution in [0.5, 0.6) is 0 Å². The second-order valence-electron chi connectivity index (χ2n) is 9.64. The molecule has 9 nitrogen and oxygen atoms in total. The zero-order valence-electron chi connectivity index (χ0n) is 22.6. The van der Waals surface area contributed by atoms with Crippen LogP contribution in [-0.4, -0.2) is 37.4 Å². The molecule has 1 amide bonds. The number of hydrogen-bond acceptors (Lipinski definition) is 5. The van der Waals surface area contributed by atoms with E-state index in [0.29, 0.717) is 35.6 Å². The number of carbonyl (C=O) groups is 2. The Balaban J connectivity index is 1.34. The Labute approximate surface area is 234 Å². The van der Waals surface area contributed by atoms with Gasteiger partial charge in [-0.25, -0.2) is 9.78 Å². The number of nitrogens with zero attached hydrogens (tertiary/aromatic N) is 3. The summed E-state index contributed by atoms with van der Waals surface area (Å²) >= 11 is 0. The zero-order valence-corrected chi connectivity index (χ0v) is 22.6. The van der Waals surface area contributed by atoms with E-state index in [4.69, 9.17) is 4.74 Å². The van der Waals surface area contributed by atoms with Crippen molar-refractivity contribution in [3.63, 3.8) is 0 Å². The number of aryl methyl sites for hydroxylation is 1. The van der Waals surface area contributed by atoms with Gasteiger partial charge >= 0.3 is 5.97 Å². The van der Waals surface area contributed by atoms with Crippen LogP contribution in [0, 0.1) is 6.92 Å². The highest BCUT2D eigenvalue weighted by atomic mass is 16.5. The average Bonchev–Trinajstić information content (AvgIpc) is 3.61. The molecule has 3 aromatic carbocycles. The summed E-state index contributed by atoms with van der Waals surface area (Å²) in [6, 6.07) is 18.3. The van der Waals surface area contributed by atoms with Crippen LogP contribution < -0.4 is 10.9 Å². The number of aromatic amines is 1. The summed E-state index contributed by atoms with van der Waals surface area (Å²) < 4.78 is 8.88. The zero-order chi connectivity index (χ0) is 28.7. The Morgan fingerprint density at radius 3 is 2.54 bits per heavy atom. The highest BCUT2D eigenvalue weighted by Crippen LogP contribution is 2.31. The first-order chi connectivity index (χ1) is 19.9. The van der Waals surface area contributed by atoms with Gasteiger partial charge in [0.15, 0.2) is 0 Å². The summed E-state index contributed by atoms with van der Waals surface area (Å²) in [6.07, 6.45) is 5.56. The predicted molar refractivity (Wildman–Crippen MR) is 159 cm³/mol. The van der Waals surface area contributed by atoms with Crippen LogP contribution in [0.3, 0.4) is 0 Å². The fourth-order valence-electron chi connectivity index (χ4n) is 5.14. The van der Waals surface area contributed by atoms with Crippen LogP contribution in [-0.2, 0) is 11.3 Å². The van der Waals surface area contributed by atoms with E-state index in [0.717, 1.165) is 38.8 Å². The number of amides is 1. The summed E-state index contributed by atoms with van der Waals surface area (Å²) in [7, 11) is 0. The van der Waals surface area contributed by atoms with Gasteiger partial charge in [0.05, 0.1) is 34.6 Å². The summed E-state index contributed by atoms with van der Waals surface area (Å²) in [5.41, 5.74) is 5.77. The highest BCUT2D eigenvalue weighted by Gasteiger charge is 2.17. The minimum Gasteiger partial charge on any atom is -0.462 e. The number of nitrogens with one attached hydrogen (secondary N) is 2. The number of H-pyrrole nitrogens is 1. The topological polar surface area (TPSA) is 110 Å². The molecular weight excluding hydrogens is 518 g/mol. The van der Waals surface area contributed by atoms with Gasteiger partial charge < -0.3 is 19.6 Å². The molecule has 0 unspecified atom stereocenters. The fraction of sp³-hybridized carbons (Fsp3) is 0.125. The van der Waals surface area contributed by atoms with Gasteiger partial charge in [0.1, 0.15) is 0 Å². The first-order valence-electron chi connectivity index (χ1n) is 13.2. The van der Waals surface area contributed by atoms with Crippen LogP contribution >= 0.6 is 0 Å². The maximum Gasteiger partial charge on any atom is 0.338 e. The van der Waals surface area contributed by atoms with E-state index in [2.05, 4.69) is 21.9 Å². The molecule has 0 bridgehead atoms. The molecule has 0 atom stereocenters. The van der Waals surface area contributed by atoms with Gasteiger partial charge in [0, 0.05) is 41.0 Å². The van der Waals surface area contributed by atoms with Crippen molar-refractivity contribution in [1.29, 1.82) is 0 Å². The first kappa shape index (κ1) is 25.8. The number of rotatable bonds is 7. The molecule has 3 aromatic heterocycles. The van der Waals surface area contributed by atoms with Crippen molar-refractivity contribution >= 4 is 45.4 Å². The van der Waals surface area contributed by atoms with Gasteiger partial charge in [0.25, 0.3) is 11.5 Å². The van der Waals surface area contributed by atoms with E-state index in [9.17, 15) is 14.4 Å². The van der Waals surface area contributed by atoms with Gasteiger partial charge in [-0.1, -0.05) is 30.8 Å². The molecule has 3 heterocycles. The van der Waals surface area contributed by atoms with Gasteiger partial charge in [-0.3, -0.25) is 14.0 Å². The monoisotopic (exact) mass is 545 g/mol. The Bertz CT molecular complexity index is 2050. The molecule has 0 aliphatic carbocycles. The van der Waals surface area contributed by atoms with Crippen molar-refractivity contribution < 1.29 is 14.3 Å². The van der Waals surface area contributed by atoms with Crippen LogP contribution in [0.1, 0.15) is 44.6 Å². The maximum atomic E-state index is 12.9. The third kappa shape index (κ3) is 4.47. The molecule has 0 saturated heterocycles. The lowest BCUT2D eigenvalue weighted by molar-refractivity contribution is 0.0526. The van der Waals surface area contributed by atoms with Crippen molar-refractivity contribution in [2.45, 2.75) is 20.4 Å². The number of benzene rings is 3. The number of esters is 1. The Kier molecular flexibility index (Phi) is 6.47. The maximum absolute atomic E-state index is 12.9. The standard InChI is InChI=1S/C32H27N5O4/c1-4-25-19(3)37-27-16-26(23-8-6-7-9-24(23)28(27)35-31(39)29(37)34-25)36-15-14-20(18-36)17-33-30(38)21-10-12-22(13-11-21)32(40)41-5-2/h4,6-16,18H,1,5,17H2,2-3H3,(H,33,38)(H,35,39). The molecule has 0 radical (unpaired) electrons. The van der Waals surface area contributed by atoms with Gasteiger partial charge in [-0.15, -0.1) is 0 Å². The van der Waals surface area contributed by atoms with Crippen molar-refractivity contribution in [2.75, 3.05) is 6.61 Å². The minimum absolute atomic E-state index is 0.246. The molecule has 6 aromatic rings. The molecule has 0 aliphatic rings. The predicted octanol–water partition coefficient (Wildman–Crippen LogP) is 5.18. The second kappa shape index (κ2) is 10.3. The number of fused-ring (bicyclic) bond motifs is 5. The van der Waals surface area contributed by atoms with E-state index in [-0.39, 0.29) is 11.5 Å². The third-order valence-corrected chi connectivity index (χ3v) is 7.17. The van der Waals surface area contributed by atoms with Crippen LogP contribution in [0.4, 0.5) is 0 Å². The lowest BCUT2D eigenvalue weighted by Crippen LogP contribution is -2.22. The Morgan fingerprint density at radius 2 is 1.80 bits per heavy atom. The lowest BCUT2D eigenvalue weighted by atomic mass is 10.1. The normalized spacial score (nSPS) is 11.3. The molecule has 6 rings (SSSR count). The number of aromatic nitrogens is 4. The highest BCUT2D eigenvalue weighted by molar-refractivity contribution is 6.08. The molecular formula is C32H27N5O4. The average molecular weight is 546 g/mol. The Morgan fingerprint density at radius 1 is 1.07 bits per heavy atom. The fourth-order valence-corrected chi connectivity index (χ4v) is 5.14. The van der Waals surface area contributed by atoms with Crippen molar-refractivity contribution in [1.82, 2.24) is 24.3 Å². The van der Waals surface area contributed by atoms with E-state index in [1.165, 1.54) is 0 Å². The minimum atomic E-state index is -0.418. The number of ether oxygens (including phenoxy) is 1. The van der Waals surface area contributed by atoms with Crippen LogP contribution in [0.2, 0.25) is 0 Å². The number of imidazole rings is 1. The van der Waals surface area contributed by atoms with Crippen molar-refractivity contribution in [3.8, 4) is 5.69 Å². The molecule has 0 aliphatic heterocycles. The van der Waals surface area contributed by atoms with Crippen LogP contribution in [0.15, 0.2) is 84.4 Å². The third-order valence-electron chi connectivity index (χ3n) is 7.17. The van der Waals surface area contributed by atoms with E-state index < -0.39 is 5.97 Å². The summed E-state index contributed by atoms with van der Waals surface area (Å²) in [6.45, 7) is 8.12. The molecule has 41 heavy (non-hydrogen) atoms. The Hall–Kier alpha value is -5.44. The lowest BCUT2D eigenvalue weighted by Gasteiger charge is -2.13. The van der Waals surface area contributed by atoms with Gasteiger partial charge in [0.2, 0.25) is 5.65 Å². The van der Waals surface area contributed by atoms with E-state index in [1.54, 1.807) is 37.3 Å². The van der Waals surface area contributed by atoms with Crippen LogP contribution in [0.25, 0.3) is 39.2 Å². The summed E-state index contributed by atoms with van der Waals surface area (Å²) in [5, 5.41) is 4.81. The quantitative estimate of drug-likeness (QED) is 0.212. The SMILES string of the molecule is C=Cc1nc2c(=O)[nH]c3c4ccccc4c(-n4ccc(CNC(=O)c5ccc(C(=O)OCC)cc5)c4)cc3n2c1C. The van der Waals surface area contributed by atoms with Gasteiger partial charge in [-0.05, 0) is 61.9 Å².